The van der Waals surface area contributed by atoms with Crippen molar-refractivity contribution >= 4 is 11.9 Å². The molecule has 0 fully saturated rings. The number of hydrogen-bond acceptors (Lipinski definition) is 4. The number of esters is 2. The molecule has 0 aliphatic rings. The van der Waals surface area contributed by atoms with E-state index in [1.165, 1.54) is 13.2 Å². The number of terminal acetylenes is 1. The van der Waals surface area contributed by atoms with Crippen molar-refractivity contribution in [2.24, 2.45) is 5.41 Å². The van der Waals surface area contributed by atoms with Crippen LogP contribution in [0.15, 0.2) is 36.9 Å². The molecule has 0 aliphatic carbocycles. The van der Waals surface area contributed by atoms with Gasteiger partial charge in [-0.1, -0.05) is 30.2 Å². The van der Waals surface area contributed by atoms with Crippen LogP contribution in [0.5, 0.6) is 0 Å². The van der Waals surface area contributed by atoms with Crippen molar-refractivity contribution in [3.8, 4) is 12.3 Å². The molecule has 0 spiro atoms. The van der Waals surface area contributed by atoms with Crippen LogP contribution in [-0.4, -0.2) is 25.7 Å². The normalized spacial score (nSPS) is 12.6. The molecule has 1 aromatic rings. The lowest BCUT2D eigenvalue weighted by Crippen LogP contribution is -2.43. The number of benzene rings is 1. The Morgan fingerprint density at radius 3 is 2.59 bits per heavy atom. The van der Waals surface area contributed by atoms with Crippen LogP contribution in [0, 0.1) is 17.8 Å². The molecule has 0 bridgehead atoms. The molecule has 0 saturated heterocycles. The first-order valence-corrected chi connectivity index (χ1v) is 6.96. The number of rotatable bonds is 7. The minimum atomic E-state index is -1.47. The molecular weight excluding hydrogens is 280 g/mol. The summed E-state index contributed by atoms with van der Waals surface area (Å²) in [5, 5.41) is 0. The van der Waals surface area contributed by atoms with Gasteiger partial charge < -0.3 is 9.47 Å². The van der Waals surface area contributed by atoms with E-state index in [9.17, 15) is 9.59 Å². The summed E-state index contributed by atoms with van der Waals surface area (Å²) in [7, 11) is 1.24. The van der Waals surface area contributed by atoms with E-state index in [0.717, 1.165) is 0 Å². The summed E-state index contributed by atoms with van der Waals surface area (Å²) in [6, 6.07) is 7.15. The number of hydrogen-bond donors (Lipinski definition) is 0. The van der Waals surface area contributed by atoms with Gasteiger partial charge in [-0.3, -0.25) is 9.59 Å². The molecule has 0 radical (unpaired) electrons. The summed E-state index contributed by atoms with van der Waals surface area (Å²) < 4.78 is 9.93. The summed E-state index contributed by atoms with van der Waals surface area (Å²) >= 11 is 0. The molecule has 0 N–H and O–H groups in total. The molecule has 4 heteroatoms. The van der Waals surface area contributed by atoms with Gasteiger partial charge in [-0.05, 0) is 25.0 Å². The Morgan fingerprint density at radius 2 is 2.05 bits per heavy atom. The van der Waals surface area contributed by atoms with Gasteiger partial charge in [-0.15, -0.1) is 13.0 Å². The Labute approximate surface area is 131 Å². The maximum Gasteiger partial charge on any atom is 0.324 e. The van der Waals surface area contributed by atoms with Crippen molar-refractivity contribution in [3.05, 3.63) is 48.0 Å². The molecule has 1 atom stereocenters. The topological polar surface area (TPSA) is 52.6 Å². The van der Waals surface area contributed by atoms with E-state index in [4.69, 9.17) is 15.9 Å². The summed E-state index contributed by atoms with van der Waals surface area (Å²) in [4.78, 5) is 24.8. The highest BCUT2D eigenvalue weighted by molar-refractivity contribution is 6.00. The predicted molar refractivity (Wildman–Crippen MR) is 84.0 cm³/mol. The second-order valence-corrected chi connectivity index (χ2v) is 4.77. The molecule has 116 valence electrons. The first-order valence-electron chi connectivity index (χ1n) is 6.96. The van der Waals surface area contributed by atoms with E-state index in [2.05, 4.69) is 12.5 Å². The van der Waals surface area contributed by atoms with Crippen molar-refractivity contribution in [1.29, 1.82) is 0 Å². The zero-order valence-electron chi connectivity index (χ0n) is 12.9. The summed E-state index contributed by atoms with van der Waals surface area (Å²) in [6.45, 7) is 5.49. The fourth-order valence-electron chi connectivity index (χ4n) is 2.32. The molecule has 22 heavy (non-hydrogen) atoms. The first-order chi connectivity index (χ1) is 10.6. The maximum absolute atomic E-state index is 12.4. The first kappa shape index (κ1) is 17.5. The molecular formula is C18H20O4. The Balaban J connectivity index is 3.35. The number of carbonyl (C=O) groups is 2. The lowest BCUT2D eigenvalue weighted by molar-refractivity contribution is -0.170. The number of allylic oxidation sites excluding steroid dienone is 1. The quantitative estimate of drug-likeness (QED) is 0.336. The van der Waals surface area contributed by atoms with Crippen molar-refractivity contribution in [2.45, 2.75) is 19.8 Å². The molecule has 0 amide bonds. The Kier molecular flexibility index (Phi) is 6.40. The Bertz CT molecular complexity index is 597. The van der Waals surface area contributed by atoms with Crippen LogP contribution in [0.3, 0.4) is 0 Å². The van der Waals surface area contributed by atoms with E-state index in [1.54, 1.807) is 31.2 Å². The fraction of sp³-hybridized carbons (Fsp3) is 0.333. The molecule has 0 aliphatic heterocycles. The van der Waals surface area contributed by atoms with Gasteiger partial charge in [0.2, 0.25) is 0 Å². The van der Waals surface area contributed by atoms with Crippen LogP contribution in [-0.2, 0) is 25.5 Å². The number of ether oxygens (including phenoxy) is 2. The van der Waals surface area contributed by atoms with Gasteiger partial charge in [0.1, 0.15) is 0 Å². The van der Waals surface area contributed by atoms with Crippen molar-refractivity contribution in [1.82, 2.24) is 0 Å². The zero-order chi connectivity index (χ0) is 16.6. The molecule has 1 unspecified atom stereocenters. The van der Waals surface area contributed by atoms with Gasteiger partial charge in [0.05, 0.1) is 13.7 Å². The van der Waals surface area contributed by atoms with Crippen LogP contribution < -0.4 is 0 Å². The summed E-state index contributed by atoms with van der Waals surface area (Å²) in [6.07, 6.45) is 7.20. The molecule has 4 nitrogen and oxygen atoms in total. The van der Waals surface area contributed by atoms with E-state index < -0.39 is 17.4 Å². The highest BCUT2D eigenvalue weighted by atomic mass is 16.6. The minimum Gasteiger partial charge on any atom is -0.468 e. The minimum absolute atomic E-state index is 0.102. The number of carbonyl (C=O) groups excluding carboxylic acids is 2. The van der Waals surface area contributed by atoms with Gasteiger partial charge in [-0.25, -0.2) is 0 Å². The lowest BCUT2D eigenvalue weighted by atomic mass is 9.77. The van der Waals surface area contributed by atoms with Crippen molar-refractivity contribution in [2.75, 3.05) is 13.7 Å². The van der Waals surface area contributed by atoms with Crippen LogP contribution in [0.25, 0.3) is 0 Å². The van der Waals surface area contributed by atoms with Gasteiger partial charge in [-0.2, -0.15) is 0 Å². The van der Waals surface area contributed by atoms with Crippen LogP contribution in [0.2, 0.25) is 0 Å². The average molecular weight is 300 g/mol. The standard InChI is InChI=1S/C18H20O4/c1-5-12-18(16(19)21-4,17(20)22-7-3)13-15-11-9-8-10-14(15)6-2/h2,5,8-11H,1,7,12-13H2,3-4H3. The SMILES string of the molecule is C#Cc1ccccc1CC(CC=C)(C(=O)OC)C(=O)OCC. The van der Waals surface area contributed by atoms with Crippen molar-refractivity contribution < 1.29 is 19.1 Å². The fourth-order valence-corrected chi connectivity index (χ4v) is 2.32. The van der Waals surface area contributed by atoms with Crippen LogP contribution >= 0.6 is 0 Å². The zero-order valence-corrected chi connectivity index (χ0v) is 12.9. The largest absolute Gasteiger partial charge is 0.468 e. The highest BCUT2D eigenvalue weighted by Crippen LogP contribution is 2.32. The molecule has 0 heterocycles. The van der Waals surface area contributed by atoms with Gasteiger partial charge >= 0.3 is 11.9 Å². The predicted octanol–water partition coefficient (Wildman–Crippen LogP) is 2.51. The van der Waals surface area contributed by atoms with Crippen molar-refractivity contribution in [3.63, 3.8) is 0 Å². The third-order valence-electron chi connectivity index (χ3n) is 3.40. The third-order valence-corrected chi connectivity index (χ3v) is 3.40. The maximum atomic E-state index is 12.4. The lowest BCUT2D eigenvalue weighted by Gasteiger charge is -2.28. The smallest absolute Gasteiger partial charge is 0.324 e. The van der Waals surface area contributed by atoms with Crippen LogP contribution in [0.1, 0.15) is 24.5 Å². The van der Waals surface area contributed by atoms with E-state index in [-0.39, 0.29) is 19.4 Å². The van der Waals surface area contributed by atoms with Gasteiger partial charge in [0, 0.05) is 12.0 Å². The van der Waals surface area contributed by atoms with Gasteiger partial charge in [0.25, 0.3) is 0 Å². The Morgan fingerprint density at radius 1 is 1.36 bits per heavy atom. The monoisotopic (exact) mass is 300 g/mol. The third kappa shape index (κ3) is 3.56. The second-order valence-electron chi connectivity index (χ2n) is 4.77. The van der Waals surface area contributed by atoms with E-state index in [1.807, 2.05) is 0 Å². The second kappa shape index (κ2) is 8.04. The molecule has 1 rings (SSSR count). The molecule has 0 saturated carbocycles. The van der Waals surface area contributed by atoms with Gasteiger partial charge in [0.15, 0.2) is 5.41 Å². The Hall–Kier alpha value is -2.54. The van der Waals surface area contributed by atoms with Crippen LogP contribution in [0.4, 0.5) is 0 Å². The number of methoxy groups -OCH3 is 1. The molecule has 1 aromatic carbocycles. The summed E-state index contributed by atoms with van der Waals surface area (Å²) in [5.74, 6) is 1.27. The average Bonchev–Trinajstić information content (AvgIpc) is 2.54. The van der Waals surface area contributed by atoms with E-state index in [0.29, 0.717) is 11.1 Å². The van der Waals surface area contributed by atoms with E-state index >= 15 is 0 Å². The highest BCUT2D eigenvalue weighted by Gasteiger charge is 2.48. The molecule has 0 aromatic heterocycles. The summed E-state index contributed by atoms with van der Waals surface area (Å²) in [5.41, 5.74) is -0.131.